The van der Waals surface area contributed by atoms with Gasteiger partial charge >= 0.3 is 0 Å². The van der Waals surface area contributed by atoms with E-state index in [1.807, 2.05) is 79.8 Å². The van der Waals surface area contributed by atoms with Gasteiger partial charge in [-0.3, -0.25) is 4.79 Å². The minimum Gasteiger partial charge on any atom is -0.343 e. The zero-order valence-corrected chi connectivity index (χ0v) is 13.4. The molecule has 0 amide bonds. The number of rotatable bonds is 2. The molecule has 0 aliphatic carbocycles. The van der Waals surface area contributed by atoms with Crippen molar-refractivity contribution in [1.82, 2.24) is 4.57 Å². The number of hydrogen-bond donors (Lipinski definition) is 0. The summed E-state index contributed by atoms with van der Waals surface area (Å²) in [5.74, 6) is 0. The molecule has 0 N–H and O–H groups in total. The van der Waals surface area contributed by atoms with E-state index in [2.05, 4.69) is 16.7 Å². The quantitative estimate of drug-likeness (QED) is 0.517. The van der Waals surface area contributed by atoms with Gasteiger partial charge in [0, 0.05) is 12.4 Å². The Hall–Kier alpha value is -3.13. The fourth-order valence-corrected chi connectivity index (χ4v) is 3.30. The monoisotopic (exact) mass is 311 g/mol. The average molecular weight is 311 g/mol. The standard InChI is InChI=1S/C22H17NO/c1-23-19-15-9-8-14-18(19)22(24)20(16-10-4-2-5-11-16)21(23)17-12-6-3-7-13-17/h2-15H,1H3. The number of benzene rings is 3. The molecule has 4 aromatic rings. The van der Waals surface area contributed by atoms with Gasteiger partial charge in [-0.05, 0) is 23.3 Å². The average Bonchev–Trinajstić information content (AvgIpc) is 2.66. The summed E-state index contributed by atoms with van der Waals surface area (Å²) >= 11 is 0. The Labute approximate surface area is 140 Å². The minimum atomic E-state index is 0.0775. The van der Waals surface area contributed by atoms with Crippen LogP contribution in [0.5, 0.6) is 0 Å². The van der Waals surface area contributed by atoms with Gasteiger partial charge in [0.1, 0.15) is 0 Å². The largest absolute Gasteiger partial charge is 0.343 e. The van der Waals surface area contributed by atoms with Crippen LogP contribution in [-0.4, -0.2) is 4.57 Å². The van der Waals surface area contributed by atoms with Crippen LogP contribution in [0.1, 0.15) is 0 Å². The predicted octanol–water partition coefficient (Wildman–Crippen LogP) is 4.87. The summed E-state index contributed by atoms with van der Waals surface area (Å²) in [5, 5.41) is 0.749. The summed E-state index contributed by atoms with van der Waals surface area (Å²) in [7, 11) is 2.02. The molecule has 4 rings (SSSR count). The van der Waals surface area contributed by atoms with Crippen LogP contribution in [0, 0.1) is 0 Å². The number of fused-ring (bicyclic) bond motifs is 1. The van der Waals surface area contributed by atoms with Crippen LogP contribution >= 0.6 is 0 Å². The molecule has 2 nitrogen and oxygen atoms in total. The molecule has 0 unspecified atom stereocenters. The van der Waals surface area contributed by atoms with Crippen molar-refractivity contribution in [2.75, 3.05) is 0 Å². The van der Waals surface area contributed by atoms with Crippen LogP contribution in [0.4, 0.5) is 0 Å². The molecule has 0 spiro atoms. The first-order chi connectivity index (χ1) is 11.8. The van der Waals surface area contributed by atoms with Crippen molar-refractivity contribution in [2.45, 2.75) is 0 Å². The van der Waals surface area contributed by atoms with E-state index in [9.17, 15) is 4.79 Å². The van der Waals surface area contributed by atoms with Crippen molar-refractivity contribution >= 4 is 10.9 Å². The molecule has 0 fully saturated rings. The molecule has 0 atom stereocenters. The molecule has 0 radical (unpaired) electrons. The third-order valence-electron chi connectivity index (χ3n) is 4.42. The molecular weight excluding hydrogens is 294 g/mol. The summed E-state index contributed by atoms with van der Waals surface area (Å²) in [4.78, 5) is 13.3. The fraction of sp³-hybridized carbons (Fsp3) is 0.0455. The lowest BCUT2D eigenvalue weighted by Crippen LogP contribution is -2.14. The van der Waals surface area contributed by atoms with E-state index in [1.165, 1.54) is 0 Å². The molecule has 1 aromatic heterocycles. The Morgan fingerprint density at radius 2 is 1.21 bits per heavy atom. The van der Waals surface area contributed by atoms with E-state index < -0.39 is 0 Å². The number of aryl methyl sites for hydroxylation is 1. The number of pyridine rings is 1. The second kappa shape index (κ2) is 5.82. The molecule has 24 heavy (non-hydrogen) atoms. The summed E-state index contributed by atoms with van der Waals surface area (Å²) in [6.07, 6.45) is 0. The molecule has 0 aliphatic heterocycles. The third-order valence-corrected chi connectivity index (χ3v) is 4.42. The van der Waals surface area contributed by atoms with E-state index in [1.54, 1.807) is 0 Å². The maximum Gasteiger partial charge on any atom is 0.197 e. The van der Waals surface area contributed by atoms with Crippen LogP contribution in [0.25, 0.3) is 33.3 Å². The van der Waals surface area contributed by atoms with E-state index in [0.717, 1.165) is 33.3 Å². The lowest BCUT2D eigenvalue weighted by molar-refractivity contribution is 0.962. The lowest BCUT2D eigenvalue weighted by Gasteiger charge is -2.18. The highest BCUT2D eigenvalue weighted by atomic mass is 16.1. The van der Waals surface area contributed by atoms with Crippen LogP contribution in [-0.2, 0) is 7.05 Å². The van der Waals surface area contributed by atoms with Gasteiger partial charge in [-0.25, -0.2) is 0 Å². The topological polar surface area (TPSA) is 22.0 Å². The predicted molar refractivity (Wildman–Crippen MR) is 100 cm³/mol. The van der Waals surface area contributed by atoms with Crippen molar-refractivity contribution in [3.05, 3.63) is 95.2 Å². The molecule has 2 heteroatoms. The first-order valence-corrected chi connectivity index (χ1v) is 8.00. The molecular formula is C22H17NO. The summed E-state index contributed by atoms with van der Waals surface area (Å²) in [6, 6.07) is 27.8. The Kier molecular flexibility index (Phi) is 3.51. The maximum atomic E-state index is 13.3. The fourth-order valence-electron chi connectivity index (χ4n) is 3.30. The van der Waals surface area contributed by atoms with Crippen molar-refractivity contribution in [1.29, 1.82) is 0 Å². The van der Waals surface area contributed by atoms with Crippen LogP contribution < -0.4 is 5.43 Å². The highest BCUT2D eigenvalue weighted by molar-refractivity contribution is 5.92. The number of nitrogens with zero attached hydrogens (tertiary/aromatic N) is 1. The summed E-state index contributed by atoms with van der Waals surface area (Å²) in [5.41, 5.74) is 4.72. The van der Waals surface area contributed by atoms with Crippen LogP contribution in [0.15, 0.2) is 89.7 Å². The normalized spacial score (nSPS) is 10.9. The Bertz CT molecular complexity index is 1060. The van der Waals surface area contributed by atoms with Crippen molar-refractivity contribution in [2.24, 2.45) is 7.05 Å². The molecule has 0 saturated heterocycles. The third kappa shape index (κ3) is 2.24. The maximum absolute atomic E-state index is 13.3. The SMILES string of the molecule is Cn1c(-c2ccccc2)c(-c2ccccc2)c(=O)c2ccccc21. The van der Waals surface area contributed by atoms with E-state index in [0.29, 0.717) is 0 Å². The van der Waals surface area contributed by atoms with Gasteiger partial charge in [0.05, 0.1) is 16.8 Å². The zero-order valence-electron chi connectivity index (χ0n) is 13.4. The Morgan fingerprint density at radius 1 is 0.667 bits per heavy atom. The first kappa shape index (κ1) is 14.5. The van der Waals surface area contributed by atoms with Crippen LogP contribution in [0.2, 0.25) is 0 Å². The first-order valence-electron chi connectivity index (χ1n) is 8.00. The molecule has 3 aromatic carbocycles. The van der Waals surface area contributed by atoms with Gasteiger partial charge < -0.3 is 4.57 Å². The number of para-hydroxylation sites is 1. The summed E-state index contributed by atoms with van der Waals surface area (Å²) in [6.45, 7) is 0. The van der Waals surface area contributed by atoms with Gasteiger partial charge in [-0.15, -0.1) is 0 Å². The van der Waals surface area contributed by atoms with Gasteiger partial charge in [-0.1, -0.05) is 72.8 Å². The molecule has 0 aliphatic rings. The van der Waals surface area contributed by atoms with E-state index in [4.69, 9.17) is 0 Å². The van der Waals surface area contributed by atoms with Gasteiger partial charge in [0.25, 0.3) is 0 Å². The molecule has 1 heterocycles. The Balaban J connectivity index is 2.21. The second-order valence-corrected chi connectivity index (χ2v) is 5.86. The van der Waals surface area contributed by atoms with Crippen molar-refractivity contribution < 1.29 is 0 Å². The smallest absolute Gasteiger partial charge is 0.197 e. The minimum absolute atomic E-state index is 0.0775. The van der Waals surface area contributed by atoms with E-state index in [-0.39, 0.29) is 5.43 Å². The number of aromatic nitrogens is 1. The highest BCUT2D eigenvalue weighted by Gasteiger charge is 2.17. The van der Waals surface area contributed by atoms with Crippen LogP contribution in [0.3, 0.4) is 0 Å². The highest BCUT2D eigenvalue weighted by Crippen LogP contribution is 2.31. The second-order valence-electron chi connectivity index (χ2n) is 5.86. The van der Waals surface area contributed by atoms with Crippen molar-refractivity contribution in [3.63, 3.8) is 0 Å². The molecule has 0 saturated carbocycles. The zero-order chi connectivity index (χ0) is 16.5. The van der Waals surface area contributed by atoms with Gasteiger partial charge in [0.2, 0.25) is 0 Å². The molecule has 0 bridgehead atoms. The van der Waals surface area contributed by atoms with Gasteiger partial charge in [0.15, 0.2) is 5.43 Å². The summed E-state index contributed by atoms with van der Waals surface area (Å²) < 4.78 is 2.12. The molecule has 116 valence electrons. The number of hydrogen-bond acceptors (Lipinski definition) is 1. The van der Waals surface area contributed by atoms with E-state index >= 15 is 0 Å². The lowest BCUT2D eigenvalue weighted by atomic mass is 9.96. The van der Waals surface area contributed by atoms with Crippen molar-refractivity contribution in [3.8, 4) is 22.4 Å². The Morgan fingerprint density at radius 3 is 1.88 bits per heavy atom. The van der Waals surface area contributed by atoms with Gasteiger partial charge in [-0.2, -0.15) is 0 Å².